The first-order valence-electron chi connectivity index (χ1n) is 9.97. The Balaban J connectivity index is 1.43. The van der Waals surface area contributed by atoms with Crippen LogP contribution in [0.15, 0.2) is 72.8 Å². The molecule has 150 valence electrons. The first kappa shape index (κ1) is 20.5. The number of carbonyl (C=O) groups is 1. The summed E-state index contributed by atoms with van der Waals surface area (Å²) in [6.45, 7) is 4.90. The van der Waals surface area contributed by atoms with Gasteiger partial charge in [-0.15, -0.1) is 0 Å². The number of aryl methyl sites for hydroxylation is 3. The summed E-state index contributed by atoms with van der Waals surface area (Å²) in [5.41, 5.74) is 5.27. The predicted molar refractivity (Wildman–Crippen MR) is 120 cm³/mol. The average molecular weight is 389 g/mol. The van der Waals surface area contributed by atoms with E-state index < -0.39 is 0 Å². The summed E-state index contributed by atoms with van der Waals surface area (Å²) in [6.07, 6.45) is 1.96. The van der Waals surface area contributed by atoms with Gasteiger partial charge in [-0.2, -0.15) is 0 Å². The van der Waals surface area contributed by atoms with Gasteiger partial charge in [-0.3, -0.25) is 4.79 Å². The molecule has 0 spiro atoms. The third-order valence-corrected chi connectivity index (χ3v) is 4.51. The van der Waals surface area contributed by atoms with E-state index in [0.29, 0.717) is 6.61 Å². The van der Waals surface area contributed by atoms with Crippen molar-refractivity contribution in [2.75, 3.05) is 23.8 Å². The molecule has 0 radical (unpaired) electrons. The molecule has 2 N–H and O–H groups in total. The van der Waals surface area contributed by atoms with Gasteiger partial charge in [-0.25, -0.2) is 0 Å². The molecule has 0 bridgehead atoms. The Kier molecular flexibility index (Phi) is 7.28. The van der Waals surface area contributed by atoms with Gasteiger partial charge >= 0.3 is 0 Å². The molecule has 0 heterocycles. The van der Waals surface area contributed by atoms with Crippen molar-refractivity contribution in [1.82, 2.24) is 0 Å². The molecule has 0 aliphatic heterocycles. The van der Waals surface area contributed by atoms with E-state index in [2.05, 4.69) is 41.0 Å². The van der Waals surface area contributed by atoms with Gasteiger partial charge in [0.2, 0.25) is 5.91 Å². The van der Waals surface area contributed by atoms with Gasteiger partial charge in [0.15, 0.2) is 0 Å². The van der Waals surface area contributed by atoms with Crippen molar-refractivity contribution in [2.24, 2.45) is 0 Å². The minimum absolute atomic E-state index is 0.0795. The highest BCUT2D eigenvalue weighted by atomic mass is 16.5. The summed E-state index contributed by atoms with van der Waals surface area (Å²) < 4.78 is 5.86. The molecule has 0 aromatic heterocycles. The van der Waals surface area contributed by atoms with Crippen LogP contribution in [-0.4, -0.2) is 19.1 Å². The molecule has 0 aliphatic carbocycles. The third-order valence-electron chi connectivity index (χ3n) is 4.51. The zero-order valence-electron chi connectivity index (χ0n) is 17.1. The van der Waals surface area contributed by atoms with Gasteiger partial charge in [0.25, 0.3) is 0 Å². The van der Waals surface area contributed by atoms with Crippen LogP contribution < -0.4 is 15.4 Å². The monoisotopic (exact) mass is 388 g/mol. The SMILES string of the molecule is Cc1cc(C)cc(NC(=O)CNc2cccc(OCCCc3ccccc3)c2)c1. The Morgan fingerprint density at radius 3 is 2.38 bits per heavy atom. The number of anilines is 2. The number of nitrogens with one attached hydrogen (secondary N) is 2. The van der Waals surface area contributed by atoms with Crippen LogP contribution in [0.4, 0.5) is 11.4 Å². The highest BCUT2D eigenvalue weighted by molar-refractivity contribution is 5.93. The van der Waals surface area contributed by atoms with E-state index in [0.717, 1.165) is 41.1 Å². The lowest BCUT2D eigenvalue weighted by atomic mass is 10.1. The maximum Gasteiger partial charge on any atom is 0.243 e. The van der Waals surface area contributed by atoms with Gasteiger partial charge in [0.1, 0.15) is 5.75 Å². The predicted octanol–water partition coefficient (Wildman–Crippen LogP) is 5.37. The first-order chi connectivity index (χ1) is 14.1. The minimum atomic E-state index is -0.0795. The van der Waals surface area contributed by atoms with Crippen molar-refractivity contribution in [3.05, 3.63) is 89.5 Å². The van der Waals surface area contributed by atoms with Gasteiger partial charge in [0, 0.05) is 17.4 Å². The van der Waals surface area contributed by atoms with E-state index in [1.54, 1.807) is 0 Å². The van der Waals surface area contributed by atoms with Gasteiger partial charge < -0.3 is 15.4 Å². The number of ether oxygens (including phenoxy) is 1. The summed E-state index contributed by atoms with van der Waals surface area (Å²) in [5.74, 6) is 0.724. The first-order valence-corrected chi connectivity index (χ1v) is 9.97. The van der Waals surface area contributed by atoms with Crippen molar-refractivity contribution in [1.29, 1.82) is 0 Å². The van der Waals surface area contributed by atoms with Crippen molar-refractivity contribution in [3.8, 4) is 5.75 Å². The second-order valence-electron chi connectivity index (χ2n) is 7.24. The summed E-state index contributed by atoms with van der Waals surface area (Å²) >= 11 is 0. The topological polar surface area (TPSA) is 50.4 Å². The van der Waals surface area contributed by atoms with Gasteiger partial charge in [-0.05, 0) is 67.6 Å². The van der Waals surface area contributed by atoms with Crippen molar-refractivity contribution in [2.45, 2.75) is 26.7 Å². The van der Waals surface area contributed by atoms with Crippen LogP contribution in [0.2, 0.25) is 0 Å². The van der Waals surface area contributed by atoms with Crippen LogP contribution >= 0.6 is 0 Å². The Hall–Kier alpha value is -3.27. The quantitative estimate of drug-likeness (QED) is 0.485. The number of carbonyl (C=O) groups excluding carboxylic acids is 1. The molecular weight excluding hydrogens is 360 g/mol. The second-order valence-corrected chi connectivity index (χ2v) is 7.24. The Morgan fingerprint density at radius 1 is 0.862 bits per heavy atom. The Labute approximate surface area is 172 Å². The maximum atomic E-state index is 12.2. The third kappa shape index (κ3) is 7.00. The molecule has 1 amide bonds. The van der Waals surface area contributed by atoms with Gasteiger partial charge in [-0.1, -0.05) is 42.5 Å². The molecular formula is C25H28N2O2. The normalized spacial score (nSPS) is 10.4. The second kappa shape index (κ2) is 10.3. The number of benzene rings is 3. The van der Waals surface area contributed by atoms with Crippen LogP contribution in [-0.2, 0) is 11.2 Å². The van der Waals surface area contributed by atoms with Crippen LogP contribution in [0.1, 0.15) is 23.1 Å². The maximum absolute atomic E-state index is 12.2. The zero-order chi connectivity index (χ0) is 20.5. The minimum Gasteiger partial charge on any atom is -0.494 e. The molecule has 3 rings (SSSR count). The highest BCUT2D eigenvalue weighted by Gasteiger charge is 2.04. The van der Waals surface area contributed by atoms with Crippen molar-refractivity contribution < 1.29 is 9.53 Å². The molecule has 0 fully saturated rings. The molecule has 0 saturated carbocycles. The largest absolute Gasteiger partial charge is 0.494 e. The Bertz CT molecular complexity index is 918. The number of hydrogen-bond donors (Lipinski definition) is 2. The fourth-order valence-corrected chi connectivity index (χ4v) is 3.24. The zero-order valence-corrected chi connectivity index (χ0v) is 17.1. The fourth-order valence-electron chi connectivity index (χ4n) is 3.24. The lowest BCUT2D eigenvalue weighted by Crippen LogP contribution is -2.21. The van der Waals surface area contributed by atoms with E-state index in [9.17, 15) is 4.79 Å². The molecule has 3 aromatic carbocycles. The van der Waals surface area contributed by atoms with E-state index in [-0.39, 0.29) is 12.5 Å². The standard InChI is InChI=1S/C25H28N2O2/c1-19-14-20(2)16-23(15-19)27-25(28)18-26-22-11-6-12-24(17-22)29-13-7-10-21-8-4-3-5-9-21/h3-6,8-9,11-12,14-17,26H,7,10,13,18H2,1-2H3,(H,27,28). The molecule has 4 nitrogen and oxygen atoms in total. The number of hydrogen-bond acceptors (Lipinski definition) is 3. The number of rotatable bonds is 9. The summed E-state index contributed by atoms with van der Waals surface area (Å²) in [7, 11) is 0. The lowest BCUT2D eigenvalue weighted by Gasteiger charge is -2.11. The summed E-state index contributed by atoms with van der Waals surface area (Å²) in [6, 6.07) is 24.1. The number of amides is 1. The van der Waals surface area contributed by atoms with E-state index >= 15 is 0 Å². The van der Waals surface area contributed by atoms with Crippen molar-refractivity contribution in [3.63, 3.8) is 0 Å². The van der Waals surface area contributed by atoms with E-state index in [1.807, 2.05) is 56.3 Å². The highest BCUT2D eigenvalue weighted by Crippen LogP contribution is 2.18. The molecule has 0 atom stereocenters. The molecule has 0 aliphatic rings. The molecule has 3 aromatic rings. The molecule has 29 heavy (non-hydrogen) atoms. The molecule has 0 saturated heterocycles. The average Bonchev–Trinajstić information content (AvgIpc) is 2.70. The summed E-state index contributed by atoms with van der Waals surface area (Å²) in [4.78, 5) is 12.2. The lowest BCUT2D eigenvalue weighted by molar-refractivity contribution is -0.114. The van der Waals surface area contributed by atoms with Crippen LogP contribution in [0.25, 0.3) is 0 Å². The van der Waals surface area contributed by atoms with Gasteiger partial charge in [0.05, 0.1) is 13.2 Å². The van der Waals surface area contributed by atoms with Crippen LogP contribution in [0.3, 0.4) is 0 Å². The fraction of sp³-hybridized carbons (Fsp3) is 0.240. The van der Waals surface area contributed by atoms with E-state index in [4.69, 9.17) is 4.74 Å². The molecule has 0 unspecified atom stereocenters. The summed E-state index contributed by atoms with van der Waals surface area (Å²) in [5, 5.41) is 6.09. The van der Waals surface area contributed by atoms with E-state index in [1.165, 1.54) is 5.56 Å². The van der Waals surface area contributed by atoms with Crippen LogP contribution in [0.5, 0.6) is 5.75 Å². The molecule has 4 heteroatoms. The van der Waals surface area contributed by atoms with Crippen LogP contribution in [0, 0.1) is 13.8 Å². The van der Waals surface area contributed by atoms with Crippen molar-refractivity contribution >= 4 is 17.3 Å². The Morgan fingerprint density at radius 2 is 1.62 bits per heavy atom. The smallest absolute Gasteiger partial charge is 0.243 e.